The summed E-state index contributed by atoms with van der Waals surface area (Å²) in [7, 11) is 0. The molecule has 0 saturated carbocycles. The van der Waals surface area contributed by atoms with Crippen LogP contribution in [0.15, 0.2) is 28.7 Å². The second kappa shape index (κ2) is 4.72. The van der Waals surface area contributed by atoms with E-state index in [2.05, 4.69) is 52.2 Å². The highest BCUT2D eigenvalue weighted by molar-refractivity contribution is 9.10. The first-order chi connectivity index (χ1) is 8.35. The van der Waals surface area contributed by atoms with E-state index in [4.69, 9.17) is 0 Å². The van der Waals surface area contributed by atoms with Crippen LogP contribution in [0.1, 0.15) is 20.8 Å². The van der Waals surface area contributed by atoms with E-state index in [1.807, 2.05) is 6.07 Å². The molecule has 0 fully saturated rings. The lowest BCUT2D eigenvalue weighted by atomic mass is 10.1. The van der Waals surface area contributed by atoms with Crippen LogP contribution in [0.5, 0.6) is 0 Å². The van der Waals surface area contributed by atoms with Gasteiger partial charge in [0.25, 0.3) is 0 Å². The number of hydrogen-bond acceptors (Lipinski definition) is 2. The Balaban J connectivity index is 2.29. The highest BCUT2D eigenvalue weighted by Crippen LogP contribution is 2.29. The molecule has 2 N–H and O–H groups in total. The number of aromatic amines is 1. The van der Waals surface area contributed by atoms with Crippen LogP contribution in [0.3, 0.4) is 0 Å². The van der Waals surface area contributed by atoms with Gasteiger partial charge in [0.15, 0.2) is 0 Å². The number of nitrogens with one attached hydrogen (secondary N) is 2. The summed E-state index contributed by atoms with van der Waals surface area (Å²) in [4.78, 5) is 0. The molecule has 18 heavy (non-hydrogen) atoms. The van der Waals surface area contributed by atoms with E-state index in [1.165, 1.54) is 12.1 Å². The molecule has 0 aliphatic carbocycles. The van der Waals surface area contributed by atoms with Crippen LogP contribution in [-0.2, 0) is 0 Å². The predicted molar refractivity (Wildman–Crippen MR) is 75.1 cm³/mol. The van der Waals surface area contributed by atoms with Crippen LogP contribution >= 0.6 is 15.9 Å². The van der Waals surface area contributed by atoms with Gasteiger partial charge in [-0.1, -0.05) is 0 Å². The monoisotopic (exact) mass is 311 g/mol. The van der Waals surface area contributed by atoms with Gasteiger partial charge < -0.3 is 5.32 Å². The SMILES string of the molecule is CC(C)(C)Nc1cc(-c2ccc(F)cc2Br)[nH]n1. The Kier molecular flexibility index (Phi) is 3.43. The van der Waals surface area contributed by atoms with Crippen molar-refractivity contribution in [2.24, 2.45) is 0 Å². The van der Waals surface area contributed by atoms with Gasteiger partial charge in [-0.15, -0.1) is 0 Å². The van der Waals surface area contributed by atoms with Gasteiger partial charge in [-0.2, -0.15) is 5.10 Å². The second-order valence-electron chi connectivity index (χ2n) is 5.17. The molecule has 2 aromatic rings. The maximum absolute atomic E-state index is 13.0. The summed E-state index contributed by atoms with van der Waals surface area (Å²) < 4.78 is 13.7. The van der Waals surface area contributed by atoms with E-state index < -0.39 is 0 Å². The summed E-state index contributed by atoms with van der Waals surface area (Å²) in [6.07, 6.45) is 0. The zero-order valence-corrected chi connectivity index (χ0v) is 12.1. The van der Waals surface area contributed by atoms with Crippen LogP contribution < -0.4 is 5.32 Å². The number of halogens is 2. The number of H-pyrrole nitrogens is 1. The van der Waals surface area contributed by atoms with Crippen molar-refractivity contribution in [1.82, 2.24) is 10.2 Å². The summed E-state index contributed by atoms with van der Waals surface area (Å²) in [6, 6.07) is 6.49. The quantitative estimate of drug-likeness (QED) is 0.873. The number of rotatable bonds is 2. The van der Waals surface area contributed by atoms with E-state index in [1.54, 1.807) is 6.07 Å². The molecular formula is C13H15BrFN3. The predicted octanol–water partition coefficient (Wildman–Crippen LogP) is 4.19. The van der Waals surface area contributed by atoms with Gasteiger partial charge in [0, 0.05) is 21.6 Å². The molecule has 0 spiro atoms. The van der Waals surface area contributed by atoms with Crippen LogP contribution in [0.2, 0.25) is 0 Å². The Hall–Kier alpha value is -1.36. The van der Waals surface area contributed by atoms with Crippen molar-refractivity contribution < 1.29 is 4.39 Å². The number of nitrogens with zero attached hydrogens (tertiary/aromatic N) is 1. The van der Waals surface area contributed by atoms with Crippen molar-refractivity contribution in [3.05, 3.63) is 34.6 Å². The van der Waals surface area contributed by atoms with Gasteiger partial charge in [-0.05, 0) is 54.9 Å². The molecule has 0 bridgehead atoms. The Morgan fingerprint density at radius 1 is 1.28 bits per heavy atom. The smallest absolute Gasteiger partial charge is 0.148 e. The summed E-state index contributed by atoms with van der Waals surface area (Å²) in [5.41, 5.74) is 1.67. The van der Waals surface area contributed by atoms with Gasteiger partial charge in [0.05, 0.1) is 5.69 Å². The fourth-order valence-corrected chi connectivity index (χ4v) is 2.18. The van der Waals surface area contributed by atoms with Crippen molar-refractivity contribution >= 4 is 21.7 Å². The van der Waals surface area contributed by atoms with E-state index in [-0.39, 0.29) is 11.4 Å². The van der Waals surface area contributed by atoms with Crippen molar-refractivity contribution in [3.8, 4) is 11.3 Å². The van der Waals surface area contributed by atoms with Gasteiger partial charge >= 0.3 is 0 Å². The average Bonchev–Trinajstić information content (AvgIpc) is 2.63. The zero-order valence-electron chi connectivity index (χ0n) is 10.5. The third-order valence-electron chi connectivity index (χ3n) is 2.30. The largest absolute Gasteiger partial charge is 0.364 e. The van der Waals surface area contributed by atoms with E-state index in [0.29, 0.717) is 4.47 Å². The normalized spacial score (nSPS) is 11.6. The molecule has 0 unspecified atom stereocenters. The Labute approximate surface area is 114 Å². The third-order valence-corrected chi connectivity index (χ3v) is 2.96. The molecule has 1 aromatic carbocycles. The Morgan fingerprint density at radius 3 is 2.61 bits per heavy atom. The molecule has 0 amide bonds. The first-order valence-electron chi connectivity index (χ1n) is 5.64. The minimum absolute atomic E-state index is 0.0491. The third kappa shape index (κ3) is 3.10. The van der Waals surface area contributed by atoms with Crippen molar-refractivity contribution in [2.75, 3.05) is 5.32 Å². The lowest BCUT2D eigenvalue weighted by molar-refractivity contribution is 0.627. The number of aromatic nitrogens is 2. The summed E-state index contributed by atoms with van der Waals surface area (Å²) in [6.45, 7) is 6.19. The van der Waals surface area contributed by atoms with E-state index in [0.717, 1.165) is 17.1 Å². The van der Waals surface area contributed by atoms with Gasteiger partial charge in [-0.3, -0.25) is 5.10 Å². The van der Waals surface area contributed by atoms with Crippen LogP contribution in [0, 0.1) is 5.82 Å². The lowest BCUT2D eigenvalue weighted by Crippen LogP contribution is -2.26. The molecule has 1 heterocycles. The molecule has 2 rings (SSSR count). The minimum atomic E-state index is -0.266. The molecule has 3 nitrogen and oxygen atoms in total. The van der Waals surface area contributed by atoms with Crippen molar-refractivity contribution in [1.29, 1.82) is 0 Å². The molecule has 96 valence electrons. The number of anilines is 1. The molecule has 5 heteroatoms. The van der Waals surface area contributed by atoms with Crippen LogP contribution in [-0.4, -0.2) is 15.7 Å². The lowest BCUT2D eigenvalue weighted by Gasteiger charge is -2.19. The summed E-state index contributed by atoms with van der Waals surface area (Å²) >= 11 is 3.35. The standard InChI is InChI=1S/C13H15BrFN3/c1-13(2,3)16-12-7-11(17-18-12)9-5-4-8(15)6-10(9)14/h4-7H,1-3H3,(H2,16,17,18). The second-order valence-corrected chi connectivity index (χ2v) is 6.02. The summed E-state index contributed by atoms with van der Waals surface area (Å²) in [5, 5.41) is 10.4. The van der Waals surface area contributed by atoms with Gasteiger partial charge in [0.2, 0.25) is 0 Å². The van der Waals surface area contributed by atoms with E-state index >= 15 is 0 Å². The zero-order chi connectivity index (χ0) is 13.3. The maximum atomic E-state index is 13.0. The topological polar surface area (TPSA) is 40.7 Å². The van der Waals surface area contributed by atoms with Crippen LogP contribution in [0.4, 0.5) is 10.2 Å². The van der Waals surface area contributed by atoms with Crippen molar-refractivity contribution in [2.45, 2.75) is 26.3 Å². The maximum Gasteiger partial charge on any atom is 0.148 e. The minimum Gasteiger partial charge on any atom is -0.364 e. The molecule has 0 radical (unpaired) electrons. The van der Waals surface area contributed by atoms with E-state index in [9.17, 15) is 4.39 Å². The highest BCUT2D eigenvalue weighted by atomic mass is 79.9. The Bertz CT molecular complexity index is 558. The molecule has 0 aliphatic rings. The number of benzene rings is 1. The summed E-state index contributed by atoms with van der Waals surface area (Å²) in [5.74, 6) is 0.506. The molecule has 1 aromatic heterocycles. The average molecular weight is 312 g/mol. The molecule has 0 saturated heterocycles. The van der Waals surface area contributed by atoms with Gasteiger partial charge in [0.1, 0.15) is 11.6 Å². The molecular weight excluding hydrogens is 297 g/mol. The van der Waals surface area contributed by atoms with Crippen LogP contribution in [0.25, 0.3) is 11.3 Å². The first kappa shape index (κ1) is 13.1. The van der Waals surface area contributed by atoms with Gasteiger partial charge in [-0.25, -0.2) is 4.39 Å². The molecule has 0 aliphatic heterocycles. The van der Waals surface area contributed by atoms with Crippen molar-refractivity contribution in [3.63, 3.8) is 0 Å². The number of hydrogen-bond donors (Lipinski definition) is 2. The fourth-order valence-electron chi connectivity index (χ4n) is 1.62. The Morgan fingerprint density at radius 2 is 2.00 bits per heavy atom. The molecule has 0 atom stereocenters. The first-order valence-corrected chi connectivity index (χ1v) is 6.43. The highest BCUT2D eigenvalue weighted by Gasteiger charge is 2.13. The fraction of sp³-hybridized carbons (Fsp3) is 0.308.